The minimum atomic E-state index is -0.443. The molecule has 1 aromatic carbocycles. The SMILES string of the molecule is COc1ccc(Cl)cc1NC(=O)CN1C(=O)[C@@H]2[C@H]3C=C[C@@H]([C@@H]4C[C@H]34)[C@H]2C1=O. The predicted octanol–water partition coefficient (Wildman–Crippen LogP) is 2.34. The minimum Gasteiger partial charge on any atom is -0.495 e. The predicted molar refractivity (Wildman–Crippen MR) is 98.1 cm³/mol. The molecular weight excluding hydrogens is 368 g/mol. The lowest BCUT2D eigenvalue weighted by Gasteiger charge is -2.37. The summed E-state index contributed by atoms with van der Waals surface area (Å²) in [6, 6.07) is 4.88. The summed E-state index contributed by atoms with van der Waals surface area (Å²) in [5.74, 6) is 0.430. The maximum atomic E-state index is 12.9. The molecule has 1 saturated heterocycles. The number of halogens is 1. The molecule has 1 N–H and O–H groups in total. The second-order valence-electron chi connectivity index (χ2n) is 7.81. The Kier molecular flexibility index (Phi) is 3.63. The van der Waals surface area contributed by atoms with Crippen LogP contribution in [-0.2, 0) is 14.4 Å². The molecule has 4 aliphatic carbocycles. The van der Waals surface area contributed by atoms with Crippen LogP contribution in [0.1, 0.15) is 6.42 Å². The van der Waals surface area contributed by atoms with E-state index in [2.05, 4.69) is 17.5 Å². The average Bonchev–Trinajstić information content (AvgIpc) is 3.43. The highest BCUT2D eigenvalue weighted by atomic mass is 35.5. The maximum absolute atomic E-state index is 12.9. The van der Waals surface area contributed by atoms with Crippen molar-refractivity contribution >= 4 is 35.0 Å². The summed E-state index contributed by atoms with van der Waals surface area (Å²) in [7, 11) is 1.49. The van der Waals surface area contributed by atoms with Gasteiger partial charge in [-0.25, -0.2) is 0 Å². The number of allylic oxidation sites excluding steroid dienone is 2. The Hall–Kier alpha value is -2.34. The fourth-order valence-corrected chi connectivity index (χ4v) is 5.46. The first-order valence-corrected chi connectivity index (χ1v) is 9.54. The molecule has 7 heteroatoms. The molecule has 3 fully saturated rings. The lowest BCUT2D eigenvalue weighted by Crippen LogP contribution is -2.40. The highest BCUT2D eigenvalue weighted by Crippen LogP contribution is 2.65. The number of benzene rings is 1. The highest BCUT2D eigenvalue weighted by molar-refractivity contribution is 6.31. The number of carbonyl (C=O) groups excluding carboxylic acids is 3. The summed E-state index contributed by atoms with van der Waals surface area (Å²) in [5.41, 5.74) is 0.412. The number of hydrogen-bond donors (Lipinski definition) is 1. The molecule has 6 atom stereocenters. The fourth-order valence-electron chi connectivity index (χ4n) is 5.29. The van der Waals surface area contributed by atoms with E-state index in [9.17, 15) is 14.4 Å². The fraction of sp³-hybridized carbons (Fsp3) is 0.450. The van der Waals surface area contributed by atoms with Crippen molar-refractivity contribution in [2.24, 2.45) is 35.5 Å². The molecule has 2 bridgehead atoms. The van der Waals surface area contributed by atoms with Crippen LogP contribution in [0.15, 0.2) is 30.4 Å². The molecule has 6 nitrogen and oxygen atoms in total. The van der Waals surface area contributed by atoms with Crippen molar-refractivity contribution < 1.29 is 19.1 Å². The topological polar surface area (TPSA) is 75.7 Å². The largest absolute Gasteiger partial charge is 0.495 e. The summed E-state index contributed by atoms with van der Waals surface area (Å²) < 4.78 is 5.21. The molecule has 5 aliphatic rings. The third-order valence-electron chi connectivity index (χ3n) is 6.49. The lowest BCUT2D eigenvalue weighted by atomic mass is 9.63. The molecule has 6 rings (SSSR count). The zero-order valence-electron chi connectivity index (χ0n) is 14.7. The first-order valence-electron chi connectivity index (χ1n) is 9.16. The van der Waals surface area contributed by atoms with Crippen molar-refractivity contribution in [3.8, 4) is 5.75 Å². The van der Waals surface area contributed by atoms with E-state index in [-0.39, 0.29) is 42.0 Å². The van der Waals surface area contributed by atoms with Crippen molar-refractivity contribution in [3.05, 3.63) is 35.4 Å². The van der Waals surface area contributed by atoms with E-state index in [0.29, 0.717) is 28.3 Å². The number of likely N-dealkylation sites (tertiary alicyclic amines) is 1. The second-order valence-corrected chi connectivity index (χ2v) is 8.25. The monoisotopic (exact) mass is 386 g/mol. The zero-order chi connectivity index (χ0) is 18.9. The van der Waals surface area contributed by atoms with Crippen LogP contribution in [0.25, 0.3) is 0 Å². The number of anilines is 1. The van der Waals surface area contributed by atoms with Gasteiger partial charge < -0.3 is 10.1 Å². The summed E-state index contributed by atoms with van der Waals surface area (Å²) in [6.45, 7) is -0.283. The van der Waals surface area contributed by atoms with Crippen molar-refractivity contribution in [1.29, 1.82) is 0 Å². The van der Waals surface area contributed by atoms with Crippen LogP contribution < -0.4 is 10.1 Å². The van der Waals surface area contributed by atoms with Crippen molar-refractivity contribution in [2.45, 2.75) is 6.42 Å². The van der Waals surface area contributed by atoms with Gasteiger partial charge in [0, 0.05) is 5.02 Å². The van der Waals surface area contributed by atoms with Crippen LogP contribution in [0.3, 0.4) is 0 Å². The van der Waals surface area contributed by atoms with Gasteiger partial charge in [0.1, 0.15) is 12.3 Å². The second kappa shape index (κ2) is 5.83. The van der Waals surface area contributed by atoms with Crippen LogP contribution in [0, 0.1) is 35.5 Å². The van der Waals surface area contributed by atoms with Gasteiger partial charge in [-0.3, -0.25) is 19.3 Å². The van der Waals surface area contributed by atoms with Crippen molar-refractivity contribution in [1.82, 2.24) is 4.90 Å². The summed E-state index contributed by atoms with van der Waals surface area (Å²) >= 11 is 5.98. The van der Waals surface area contributed by atoms with E-state index in [0.717, 1.165) is 11.3 Å². The quantitative estimate of drug-likeness (QED) is 0.636. The number of nitrogens with zero attached hydrogens (tertiary/aromatic N) is 1. The molecule has 140 valence electrons. The number of hydrogen-bond acceptors (Lipinski definition) is 4. The molecule has 2 saturated carbocycles. The van der Waals surface area contributed by atoms with Crippen molar-refractivity contribution in [2.75, 3.05) is 19.0 Å². The molecule has 0 spiro atoms. The van der Waals surface area contributed by atoms with Gasteiger partial charge in [0.25, 0.3) is 0 Å². The molecule has 3 amide bonds. The van der Waals surface area contributed by atoms with E-state index in [4.69, 9.17) is 16.3 Å². The van der Waals surface area contributed by atoms with Gasteiger partial charge in [0.05, 0.1) is 24.6 Å². The van der Waals surface area contributed by atoms with Gasteiger partial charge in [-0.15, -0.1) is 0 Å². The minimum absolute atomic E-state index is 0.155. The number of imide groups is 1. The van der Waals surface area contributed by atoms with Crippen LogP contribution in [0.5, 0.6) is 5.75 Å². The van der Waals surface area contributed by atoms with Crippen LogP contribution >= 0.6 is 11.6 Å². The van der Waals surface area contributed by atoms with E-state index in [1.54, 1.807) is 18.2 Å². The summed E-state index contributed by atoms with van der Waals surface area (Å²) in [6.07, 6.45) is 5.35. The Morgan fingerprint density at radius 2 is 1.81 bits per heavy atom. The number of methoxy groups -OCH3 is 1. The molecule has 0 unspecified atom stereocenters. The maximum Gasteiger partial charge on any atom is 0.244 e. The van der Waals surface area contributed by atoms with E-state index in [1.165, 1.54) is 7.11 Å². The third kappa shape index (κ3) is 2.42. The zero-order valence-corrected chi connectivity index (χ0v) is 15.5. The Bertz CT molecular complexity index is 862. The summed E-state index contributed by atoms with van der Waals surface area (Å²) in [4.78, 5) is 39.5. The highest BCUT2D eigenvalue weighted by Gasteiger charge is 2.67. The van der Waals surface area contributed by atoms with Gasteiger partial charge in [-0.1, -0.05) is 23.8 Å². The van der Waals surface area contributed by atoms with E-state index in [1.807, 2.05) is 0 Å². The Morgan fingerprint density at radius 3 is 2.41 bits per heavy atom. The standard InChI is InChI=1S/C20H19ClN2O4/c1-27-15-5-2-9(21)6-14(15)22-16(24)8-23-19(25)17-10-3-4-11(13-7-12(10)13)18(17)20(23)26/h2-6,10-13,17-18H,7-8H2,1H3,(H,22,24)/t10-,11-,12-,13+,17+,18+/m0/s1. The average molecular weight is 387 g/mol. The van der Waals surface area contributed by atoms with Crippen molar-refractivity contribution in [3.63, 3.8) is 0 Å². The molecule has 27 heavy (non-hydrogen) atoms. The number of carbonyl (C=O) groups is 3. The molecular formula is C20H19ClN2O4. The molecule has 1 aromatic rings. The smallest absolute Gasteiger partial charge is 0.244 e. The Morgan fingerprint density at radius 1 is 1.19 bits per heavy atom. The first kappa shape index (κ1) is 16.8. The number of amides is 3. The molecule has 0 radical (unpaired) electrons. The molecule has 1 heterocycles. The third-order valence-corrected chi connectivity index (χ3v) is 6.73. The van der Waals surface area contributed by atoms with E-state index >= 15 is 0 Å². The molecule has 1 aliphatic heterocycles. The van der Waals surface area contributed by atoms with Gasteiger partial charge in [0.2, 0.25) is 17.7 Å². The Labute approximate surface area is 161 Å². The normalized spacial score (nSPS) is 35.1. The molecule has 0 aromatic heterocycles. The van der Waals surface area contributed by atoms with Crippen LogP contribution in [-0.4, -0.2) is 36.3 Å². The van der Waals surface area contributed by atoms with E-state index < -0.39 is 5.91 Å². The van der Waals surface area contributed by atoms with Gasteiger partial charge in [-0.05, 0) is 48.3 Å². The number of rotatable bonds is 4. The lowest BCUT2D eigenvalue weighted by molar-refractivity contribution is -0.142. The summed E-state index contributed by atoms with van der Waals surface area (Å²) in [5, 5.41) is 3.15. The first-order chi connectivity index (χ1) is 13.0. The number of ether oxygens (including phenoxy) is 1. The van der Waals surface area contributed by atoms with Gasteiger partial charge >= 0.3 is 0 Å². The van der Waals surface area contributed by atoms with Gasteiger partial charge in [-0.2, -0.15) is 0 Å². The Balaban J connectivity index is 1.33. The van der Waals surface area contributed by atoms with Crippen LogP contribution in [0.4, 0.5) is 5.69 Å². The number of nitrogens with one attached hydrogen (secondary N) is 1. The van der Waals surface area contributed by atoms with Gasteiger partial charge in [0.15, 0.2) is 0 Å². The van der Waals surface area contributed by atoms with Crippen LogP contribution in [0.2, 0.25) is 5.02 Å².